The number of rotatable bonds is 14. The standard InChI is InChI=1S/C37H51N3O6/c1-10-12-13-17-24-40(33(42)26(3)38-35(44)46-37(7,8)9)31(29-22-20-27(11-2)21-23-29)32(41)39-30(34(43)45-36(4,5)6)25-28-18-15-14-16-19-28/h2,14-16,18-23,26,30-31H,10,12-13,17,24-25H2,1,3-9H3,(H,38,44)(H,39,41). The summed E-state index contributed by atoms with van der Waals surface area (Å²) in [5, 5.41) is 5.52. The second-order valence-electron chi connectivity index (χ2n) is 13.4. The zero-order valence-corrected chi connectivity index (χ0v) is 28.6. The molecule has 0 saturated carbocycles. The largest absolute Gasteiger partial charge is 0.458 e. The predicted octanol–water partition coefficient (Wildman–Crippen LogP) is 6.10. The molecule has 9 nitrogen and oxygen atoms in total. The number of ether oxygens (including phenoxy) is 2. The molecule has 0 radical (unpaired) electrons. The Bertz CT molecular complexity index is 1340. The number of alkyl carbamates (subject to hydrolysis) is 1. The third kappa shape index (κ3) is 13.0. The molecule has 9 heteroatoms. The average molecular weight is 634 g/mol. The number of nitrogens with one attached hydrogen (secondary N) is 2. The van der Waals surface area contributed by atoms with Crippen molar-refractivity contribution in [1.29, 1.82) is 0 Å². The highest BCUT2D eigenvalue weighted by Crippen LogP contribution is 2.25. The van der Waals surface area contributed by atoms with Gasteiger partial charge in [0.25, 0.3) is 0 Å². The molecule has 0 heterocycles. The number of hydrogen-bond acceptors (Lipinski definition) is 6. The molecule has 250 valence electrons. The number of carbonyl (C=O) groups is 4. The lowest BCUT2D eigenvalue weighted by molar-refractivity contribution is -0.159. The van der Waals surface area contributed by atoms with Gasteiger partial charge in [0.1, 0.15) is 29.3 Å². The van der Waals surface area contributed by atoms with E-state index >= 15 is 0 Å². The Hall–Kier alpha value is -4.32. The molecule has 0 aliphatic heterocycles. The predicted molar refractivity (Wildman–Crippen MR) is 180 cm³/mol. The highest BCUT2D eigenvalue weighted by Gasteiger charge is 2.37. The Labute approximate surface area is 274 Å². The van der Waals surface area contributed by atoms with Gasteiger partial charge in [-0.25, -0.2) is 9.59 Å². The summed E-state index contributed by atoms with van der Waals surface area (Å²) in [6.45, 7) is 14.4. The van der Waals surface area contributed by atoms with Crippen molar-refractivity contribution in [3.8, 4) is 12.3 Å². The van der Waals surface area contributed by atoms with Crippen LogP contribution in [0.15, 0.2) is 54.6 Å². The van der Waals surface area contributed by atoms with Crippen LogP contribution in [0.5, 0.6) is 0 Å². The summed E-state index contributed by atoms with van der Waals surface area (Å²) in [5.74, 6) is 0.949. The summed E-state index contributed by atoms with van der Waals surface area (Å²) in [4.78, 5) is 56.0. The first-order valence-corrected chi connectivity index (χ1v) is 16.0. The lowest BCUT2D eigenvalue weighted by Crippen LogP contribution is -2.54. The van der Waals surface area contributed by atoms with Crippen LogP contribution in [0.1, 0.15) is 104 Å². The number of hydrogen-bond donors (Lipinski definition) is 2. The van der Waals surface area contributed by atoms with Crippen molar-refractivity contribution in [2.24, 2.45) is 0 Å². The number of carbonyl (C=O) groups excluding carboxylic acids is 4. The van der Waals surface area contributed by atoms with Gasteiger partial charge < -0.3 is 25.0 Å². The summed E-state index contributed by atoms with van der Waals surface area (Å²) < 4.78 is 11.1. The van der Waals surface area contributed by atoms with E-state index in [9.17, 15) is 19.2 Å². The summed E-state index contributed by atoms with van der Waals surface area (Å²) >= 11 is 0. The lowest BCUT2D eigenvalue weighted by Gasteiger charge is -2.35. The number of nitrogens with zero attached hydrogens (tertiary/aromatic N) is 1. The highest BCUT2D eigenvalue weighted by atomic mass is 16.6. The Morgan fingerprint density at radius 2 is 1.46 bits per heavy atom. The Balaban J connectivity index is 2.55. The fourth-order valence-electron chi connectivity index (χ4n) is 4.77. The van der Waals surface area contributed by atoms with Crippen molar-refractivity contribution in [2.45, 2.75) is 117 Å². The highest BCUT2D eigenvalue weighted by molar-refractivity contribution is 5.93. The first-order chi connectivity index (χ1) is 21.5. The summed E-state index contributed by atoms with van der Waals surface area (Å²) in [6, 6.07) is 13.0. The number of unbranched alkanes of at least 4 members (excludes halogenated alkanes) is 3. The molecule has 0 bridgehead atoms. The van der Waals surface area contributed by atoms with Gasteiger partial charge in [-0.15, -0.1) is 6.42 Å². The average Bonchev–Trinajstić information content (AvgIpc) is 2.96. The molecule has 2 aromatic carbocycles. The second kappa shape index (κ2) is 17.4. The third-order valence-corrected chi connectivity index (χ3v) is 6.88. The molecule has 2 N–H and O–H groups in total. The van der Waals surface area contributed by atoms with Gasteiger partial charge in [-0.3, -0.25) is 9.59 Å². The molecule has 2 aromatic rings. The second-order valence-corrected chi connectivity index (χ2v) is 13.4. The van der Waals surface area contributed by atoms with Crippen LogP contribution in [0.2, 0.25) is 0 Å². The first kappa shape index (κ1) is 37.9. The Kier molecular flexibility index (Phi) is 14.3. The number of esters is 1. The van der Waals surface area contributed by atoms with Gasteiger partial charge in [0.2, 0.25) is 11.8 Å². The molecule has 0 saturated heterocycles. The van der Waals surface area contributed by atoms with Crippen molar-refractivity contribution < 1.29 is 28.7 Å². The van der Waals surface area contributed by atoms with Gasteiger partial charge in [-0.05, 0) is 78.1 Å². The normalized spacial score (nSPS) is 13.4. The van der Waals surface area contributed by atoms with Gasteiger partial charge in [-0.1, -0.05) is 74.6 Å². The van der Waals surface area contributed by atoms with Crippen LogP contribution in [-0.2, 0) is 30.3 Å². The van der Waals surface area contributed by atoms with Crippen LogP contribution in [-0.4, -0.2) is 58.6 Å². The summed E-state index contributed by atoms with van der Waals surface area (Å²) in [5.41, 5.74) is 0.400. The smallest absolute Gasteiger partial charge is 0.408 e. The van der Waals surface area contributed by atoms with Gasteiger partial charge in [0, 0.05) is 18.5 Å². The maximum atomic E-state index is 14.4. The van der Waals surface area contributed by atoms with Crippen LogP contribution in [0.4, 0.5) is 4.79 Å². The Morgan fingerprint density at radius 3 is 2.00 bits per heavy atom. The topological polar surface area (TPSA) is 114 Å². The van der Waals surface area contributed by atoms with Crippen molar-refractivity contribution in [1.82, 2.24) is 15.5 Å². The van der Waals surface area contributed by atoms with E-state index in [2.05, 4.69) is 23.5 Å². The SMILES string of the molecule is C#Cc1ccc(C(C(=O)NC(Cc2ccccc2)C(=O)OC(C)(C)C)N(CCCCCC)C(=O)C(C)NC(=O)OC(C)(C)C)cc1. The molecule has 2 rings (SSSR count). The summed E-state index contributed by atoms with van der Waals surface area (Å²) in [6.07, 6.45) is 8.45. The monoisotopic (exact) mass is 633 g/mol. The van der Waals surface area contributed by atoms with E-state index in [-0.39, 0.29) is 13.0 Å². The van der Waals surface area contributed by atoms with E-state index in [0.29, 0.717) is 17.5 Å². The summed E-state index contributed by atoms with van der Waals surface area (Å²) in [7, 11) is 0. The maximum absolute atomic E-state index is 14.4. The van der Waals surface area contributed by atoms with Crippen molar-refractivity contribution >= 4 is 23.9 Å². The Morgan fingerprint density at radius 1 is 0.848 bits per heavy atom. The van der Waals surface area contributed by atoms with Crippen LogP contribution >= 0.6 is 0 Å². The van der Waals surface area contributed by atoms with Crippen LogP contribution in [0, 0.1) is 12.3 Å². The van der Waals surface area contributed by atoms with E-state index in [1.165, 1.54) is 4.90 Å². The minimum absolute atomic E-state index is 0.186. The minimum Gasteiger partial charge on any atom is -0.458 e. The quantitative estimate of drug-likeness (QED) is 0.148. The molecular formula is C37H51N3O6. The zero-order chi connectivity index (χ0) is 34.5. The van der Waals surface area contributed by atoms with Crippen LogP contribution in [0.3, 0.4) is 0 Å². The van der Waals surface area contributed by atoms with Gasteiger partial charge in [0.05, 0.1) is 0 Å². The number of amides is 3. The molecule has 0 aliphatic carbocycles. The van der Waals surface area contributed by atoms with Crippen LogP contribution in [0.25, 0.3) is 0 Å². The van der Waals surface area contributed by atoms with Gasteiger partial charge in [-0.2, -0.15) is 0 Å². The van der Waals surface area contributed by atoms with Crippen LogP contribution < -0.4 is 10.6 Å². The molecular weight excluding hydrogens is 582 g/mol. The minimum atomic E-state index is -1.13. The molecule has 46 heavy (non-hydrogen) atoms. The zero-order valence-electron chi connectivity index (χ0n) is 28.6. The molecule has 3 unspecified atom stereocenters. The lowest BCUT2D eigenvalue weighted by atomic mass is 9.99. The van der Waals surface area contributed by atoms with Gasteiger partial charge in [0.15, 0.2) is 0 Å². The molecule has 3 amide bonds. The van der Waals surface area contributed by atoms with E-state index < -0.39 is 53.2 Å². The fourth-order valence-corrected chi connectivity index (χ4v) is 4.77. The molecule has 0 fully saturated rings. The fraction of sp³-hybridized carbons (Fsp3) is 0.514. The van der Waals surface area contributed by atoms with Crippen molar-refractivity contribution in [3.63, 3.8) is 0 Å². The molecule has 0 aliphatic rings. The van der Waals surface area contributed by atoms with Crippen molar-refractivity contribution in [3.05, 3.63) is 71.3 Å². The first-order valence-electron chi connectivity index (χ1n) is 16.0. The van der Waals surface area contributed by atoms with Crippen molar-refractivity contribution in [2.75, 3.05) is 6.54 Å². The molecule has 0 aromatic heterocycles. The van der Waals surface area contributed by atoms with E-state index in [4.69, 9.17) is 15.9 Å². The number of terminal acetylenes is 1. The molecule has 0 spiro atoms. The van der Waals surface area contributed by atoms with E-state index in [1.54, 1.807) is 72.7 Å². The third-order valence-electron chi connectivity index (χ3n) is 6.88. The van der Waals surface area contributed by atoms with E-state index in [1.807, 2.05) is 30.3 Å². The van der Waals surface area contributed by atoms with E-state index in [0.717, 1.165) is 24.8 Å². The molecule has 3 atom stereocenters. The number of benzene rings is 2. The van der Waals surface area contributed by atoms with Gasteiger partial charge >= 0.3 is 12.1 Å². The maximum Gasteiger partial charge on any atom is 0.408 e.